The van der Waals surface area contributed by atoms with Crippen LogP contribution in [0.3, 0.4) is 0 Å². The SMILES string of the molecule is CC(C[C@](N)(C(=O)N[C@H](CO)c1ccc(Cl)c(-n2ncnc2C(F)F)c1)c1ccc(-c2cnn(C(F)F)c2)cc1)CS(C)(=O)=O. The maximum absolute atomic E-state index is 13.9. The second kappa shape index (κ2) is 13.6. The second-order valence-corrected chi connectivity index (χ2v) is 13.3. The van der Waals surface area contributed by atoms with Crippen LogP contribution in [0.15, 0.2) is 61.2 Å². The molecule has 2 aromatic carbocycles. The number of sulfone groups is 1. The van der Waals surface area contributed by atoms with E-state index in [1.54, 1.807) is 19.1 Å². The Morgan fingerprint density at radius 2 is 1.80 bits per heavy atom. The summed E-state index contributed by atoms with van der Waals surface area (Å²) in [5.41, 5.74) is 6.41. The molecule has 45 heavy (non-hydrogen) atoms. The summed E-state index contributed by atoms with van der Waals surface area (Å²) in [7, 11) is -3.44. The van der Waals surface area contributed by atoms with E-state index in [0.29, 0.717) is 15.8 Å². The fraction of sp³-hybridized carbons (Fsp3) is 0.357. The Hall–Kier alpha value is -3.86. The summed E-state index contributed by atoms with van der Waals surface area (Å²) in [6, 6.07) is 9.29. The van der Waals surface area contributed by atoms with Crippen molar-refractivity contribution >= 4 is 27.3 Å². The molecule has 1 amide bonds. The molecule has 0 saturated carbocycles. The molecular formula is C28H30ClF4N7O4S. The minimum absolute atomic E-state index is 0.0289. The van der Waals surface area contributed by atoms with E-state index in [0.717, 1.165) is 23.5 Å². The number of hydrogen-bond acceptors (Lipinski definition) is 8. The highest BCUT2D eigenvalue weighted by Crippen LogP contribution is 2.32. The van der Waals surface area contributed by atoms with Crippen molar-refractivity contribution in [3.8, 4) is 16.8 Å². The molecule has 3 atom stereocenters. The van der Waals surface area contributed by atoms with E-state index in [1.165, 1.54) is 36.5 Å². The van der Waals surface area contributed by atoms with Crippen LogP contribution in [0.1, 0.15) is 49.3 Å². The molecule has 0 aliphatic carbocycles. The first-order valence-electron chi connectivity index (χ1n) is 13.4. The van der Waals surface area contributed by atoms with E-state index < -0.39 is 58.6 Å². The molecule has 17 heteroatoms. The van der Waals surface area contributed by atoms with Crippen LogP contribution >= 0.6 is 11.6 Å². The number of nitrogens with one attached hydrogen (secondary N) is 1. The van der Waals surface area contributed by atoms with Gasteiger partial charge in [-0.15, -0.1) is 0 Å². The number of nitrogens with two attached hydrogens (primary N) is 1. The molecule has 2 aromatic heterocycles. The van der Waals surface area contributed by atoms with Gasteiger partial charge < -0.3 is 16.2 Å². The lowest BCUT2D eigenvalue weighted by molar-refractivity contribution is -0.128. The average molecular weight is 672 g/mol. The van der Waals surface area contributed by atoms with E-state index in [9.17, 15) is 35.9 Å². The Morgan fingerprint density at radius 3 is 2.38 bits per heavy atom. The maximum atomic E-state index is 13.9. The van der Waals surface area contributed by atoms with Gasteiger partial charge in [0, 0.05) is 18.0 Å². The van der Waals surface area contributed by atoms with Crippen LogP contribution in [0.5, 0.6) is 0 Å². The minimum atomic E-state index is -3.44. The molecule has 0 saturated heterocycles. The largest absolute Gasteiger partial charge is 0.394 e. The zero-order valence-corrected chi connectivity index (χ0v) is 25.6. The molecule has 0 radical (unpaired) electrons. The average Bonchev–Trinajstić information content (AvgIpc) is 3.66. The summed E-state index contributed by atoms with van der Waals surface area (Å²) in [4.78, 5) is 17.5. The van der Waals surface area contributed by atoms with Crippen molar-refractivity contribution in [2.45, 2.75) is 37.9 Å². The Bertz CT molecular complexity index is 1750. The molecule has 0 aliphatic rings. The second-order valence-electron chi connectivity index (χ2n) is 10.7. The number of rotatable bonds is 13. The molecule has 4 N–H and O–H groups in total. The third-order valence-electron chi connectivity index (χ3n) is 7.06. The zero-order chi connectivity index (χ0) is 33.1. The van der Waals surface area contributed by atoms with Gasteiger partial charge in [-0.1, -0.05) is 48.9 Å². The maximum Gasteiger partial charge on any atom is 0.333 e. The summed E-state index contributed by atoms with van der Waals surface area (Å²) < 4.78 is 78.3. The van der Waals surface area contributed by atoms with Crippen molar-refractivity contribution in [2.75, 3.05) is 18.6 Å². The van der Waals surface area contributed by atoms with Crippen molar-refractivity contribution in [3.63, 3.8) is 0 Å². The molecule has 0 bridgehead atoms. The molecule has 0 spiro atoms. The normalized spacial score (nSPS) is 14.8. The highest BCUT2D eigenvalue weighted by molar-refractivity contribution is 7.90. The number of benzene rings is 2. The van der Waals surface area contributed by atoms with Crippen molar-refractivity contribution in [3.05, 3.63) is 83.2 Å². The predicted octanol–water partition coefficient (Wildman–Crippen LogP) is 4.19. The lowest BCUT2D eigenvalue weighted by Gasteiger charge is -2.33. The third-order valence-corrected chi connectivity index (χ3v) is 8.55. The van der Waals surface area contributed by atoms with Crippen LogP contribution in [0.2, 0.25) is 5.02 Å². The molecule has 2 heterocycles. The molecule has 11 nitrogen and oxygen atoms in total. The van der Waals surface area contributed by atoms with Crippen LogP contribution in [-0.4, -0.2) is 62.6 Å². The molecule has 0 fully saturated rings. The lowest BCUT2D eigenvalue weighted by atomic mass is 9.81. The summed E-state index contributed by atoms with van der Waals surface area (Å²) in [5.74, 6) is -2.29. The van der Waals surface area contributed by atoms with Crippen LogP contribution < -0.4 is 11.1 Å². The van der Waals surface area contributed by atoms with Crippen molar-refractivity contribution in [1.29, 1.82) is 0 Å². The number of carbonyl (C=O) groups excluding carboxylic acids is 1. The standard InChI is InChI=1S/C28H30ClF4N7O4S/c1-16(14-45(2,43)44)10-28(34,20-6-3-17(4-7-20)19-11-36-39(12-19)27(32)33)26(42)38-22(13-41)18-5-8-21(29)23(9-18)40-25(24(30)31)35-15-37-40/h3-9,11-12,15-16,22,24,27,41H,10,13-14,34H2,1-2H3,(H,38,42)/t16?,22-,28-/m1/s1. The van der Waals surface area contributed by atoms with E-state index in [4.69, 9.17) is 17.3 Å². The van der Waals surface area contributed by atoms with Crippen LogP contribution in [0.25, 0.3) is 16.8 Å². The first-order valence-corrected chi connectivity index (χ1v) is 15.9. The van der Waals surface area contributed by atoms with Gasteiger partial charge in [-0.05, 0) is 41.2 Å². The Balaban J connectivity index is 1.68. The summed E-state index contributed by atoms with van der Waals surface area (Å²) >= 11 is 6.26. The topological polar surface area (TPSA) is 158 Å². The summed E-state index contributed by atoms with van der Waals surface area (Å²) in [6.07, 6.45) is 1.32. The van der Waals surface area contributed by atoms with Gasteiger partial charge in [0.25, 0.3) is 6.43 Å². The van der Waals surface area contributed by atoms with Crippen molar-refractivity contribution in [2.24, 2.45) is 11.7 Å². The number of aromatic nitrogens is 5. The van der Waals surface area contributed by atoms with Gasteiger partial charge >= 0.3 is 6.55 Å². The van der Waals surface area contributed by atoms with Gasteiger partial charge in [0.15, 0.2) is 5.82 Å². The number of alkyl halides is 4. The quantitative estimate of drug-likeness (QED) is 0.179. The highest BCUT2D eigenvalue weighted by atomic mass is 35.5. The number of aliphatic hydroxyl groups is 1. The molecule has 1 unspecified atom stereocenters. The molecule has 4 rings (SSSR count). The first-order chi connectivity index (χ1) is 21.1. The van der Waals surface area contributed by atoms with E-state index >= 15 is 0 Å². The fourth-order valence-electron chi connectivity index (χ4n) is 5.04. The van der Waals surface area contributed by atoms with Gasteiger partial charge in [-0.25, -0.2) is 31.5 Å². The zero-order valence-electron chi connectivity index (χ0n) is 24.0. The number of nitrogens with zero attached hydrogens (tertiary/aromatic N) is 5. The summed E-state index contributed by atoms with van der Waals surface area (Å²) in [5, 5.41) is 20.4. The number of aliphatic hydroxyl groups excluding tert-OH is 1. The van der Waals surface area contributed by atoms with Crippen LogP contribution in [0.4, 0.5) is 17.6 Å². The van der Waals surface area contributed by atoms with E-state index in [1.807, 2.05) is 0 Å². The van der Waals surface area contributed by atoms with Gasteiger partial charge in [-0.2, -0.15) is 19.0 Å². The molecular weight excluding hydrogens is 642 g/mol. The number of halogens is 5. The summed E-state index contributed by atoms with van der Waals surface area (Å²) in [6.45, 7) is -1.83. The smallest absolute Gasteiger partial charge is 0.333 e. The molecule has 0 aliphatic heterocycles. The van der Waals surface area contributed by atoms with E-state index in [2.05, 4.69) is 20.5 Å². The van der Waals surface area contributed by atoms with Gasteiger partial charge in [-0.3, -0.25) is 4.79 Å². The Morgan fingerprint density at radius 1 is 1.11 bits per heavy atom. The van der Waals surface area contributed by atoms with Gasteiger partial charge in [0.05, 0.1) is 35.3 Å². The fourth-order valence-corrected chi connectivity index (χ4v) is 6.39. The monoisotopic (exact) mass is 671 g/mol. The highest BCUT2D eigenvalue weighted by Gasteiger charge is 2.39. The Labute approximate surface area is 260 Å². The molecule has 242 valence electrons. The number of hydrogen-bond donors (Lipinski definition) is 3. The van der Waals surface area contributed by atoms with Gasteiger partial charge in [0.1, 0.15) is 21.7 Å². The number of amides is 1. The van der Waals surface area contributed by atoms with Crippen LogP contribution in [0, 0.1) is 5.92 Å². The minimum Gasteiger partial charge on any atom is -0.394 e. The predicted molar refractivity (Wildman–Crippen MR) is 158 cm³/mol. The van der Waals surface area contributed by atoms with Crippen molar-refractivity contribution < 1.29 is 35.9 Å². The number of carbonyl (C=O) groups is 1. The van der Waals surface area contributed by atoms with E-state index in [-0.39, 0.29) is 34.0 Å². The van der Waals surface area contributed by atoms with Crippen LogP contribution in [-0.2, 0) is 20.2 Å². The third kappa shape index (κ3) is 7.87. The van der Waals surface area contributed by atoms with Crippen molar-refractivity contribution in [1.82, 2.24) is 29.9 Å². The van der Waals surface area contributed by atoms with Gasteiger partial charge in [0.2, 0.25) is 5.91 Å². The Kier molecular flexibility index (Phi) is 10.3. The molecule has 4 aromatic rings. The lowest BCUT2D eigenvalue weighted by Crippen LogP contribution is -2.53. The first kappa shape index (κ1) is 34.0.